The van der Waals surface area contributed by atoms with E-state index in [1.807, 2.05) is 12.3 Å². The van der Waals surface area contributed by atoms with Crippen LogP contribution in [0.15, 0.2) is 17.2 Å². The standard InChI is InChI=1S/C10H16N4O4S/c1-7-6-14(2-3-18-7)19(16,17)8-4-9(12-5-8)10(15)13-11/h4-5,7,12H,2-3,6,11H2,1H3,(H,13,15). The molecule has 0 spiro atoms. The highest BCUT2D eigenvalue weighted by atomic mass is 32.2. The Hall–Kier alpha value is -1.42. The molecule has 8 nitrogen and oxygen atoms in total. The van der Waals surface area contributed by atoms with Crippen LogP contribution >= 0.6 is 0 Å². The highest BCUT2D eigenvalue weighted by molar-refractivity contribution is 7.89. The minimum absolute atomic E-state index is 0.0419. The Morgan fingerprint density at radius 3 is 3.00 bits per heavy atom. The smallest absolute Gasteiger partial charge is 0.281 e. The Kier molecular flexibility index (Phi) is 3.90. The van der Waals surface area contributed by atoms with E-state index in [4.69, 9.17) is 10.6 Å². The van der Waals surface area contributed by atoms with E-state index in [-0.39, 0.29) is 16.7 Å². The average molecular weight is 288 g/mol. The number of nitrogens with two attached hydrogens (primary N) is 1. The number of nitrogens with zero attached hydrogens (tertiary/aromatic N) is 1. The molecule has 9 heteroatoms. The van der Waals surface area contributed by atoms with Crippen LogP contribution in [0.4, 0.5) is 0 Å². The number of hydrazine groups is 1. The predicted molar refractivity (Wildman–Crippen MR) is 66.6 cm³/mol. The fraction of sp³-hybridized carbons (Fsp3) is 0.500. The molecule has 1 atom stereocenters. The Bertz CT molecular complexity index is 568. The summed E-state index contributed by atoms with van der Waals surface area (Å²) in [4.78, 5) is 13.9. The molecule has 1 aromatic rings. The quantitative estimate of drug-likeness (QED) is 0.376. The number of amides is 1. The van der Waals surface area contributed by atoms with Crippen LogP contribution in [0.3, 0.4) is 0 Å². The predicted octanol–water partition coefficient (Wildman–Crippen LogP) is -0.972. The van der Waals surface area contributed by atoms with E-state index in [1.165, 1.54) is 16.6 Å². The van der Waals surface area contributed by atoms with Crippen molar-refractivity contribution in [2.24, 2.45) is 5.84 Å². The van der Waals surface area contributed by atoms with Crippen LogP contribution in [0.5, 0.6) is 0 Å². The second-order valence-corrected chi connectivity index (χ2v) is 6.20. The lowest BCUT2D eigenvalue weighted by atomic mass is 10.3. The molecule has 106 valence electrons. The number of rotatable bonds is 3. The SMILES string of the molecule is CC1CN(S(=O)(=O)c2c[nH]c(C(=O)NN)c2)CCO1. The van der Waals surface area contributed by atoms with Gasteiger partial charge in [0.1, 0.15) is 10.6 Å². The van der Waals surface area contributed by atoms with Gasteiger partial charge in [-0.3, -0.25) is 10.2 Å². The normalized spacial score (nSPS) is 21.3. The van der Waals surface area contributed by atoms with E-state index in [9.17, 15) is 13.2 Å². The van der Waals surface area contributed by atoms with Crippen molar-refractivity contribution < 1.29 is 17.9 Å². The van der Waals surface area contributed by atoms with Gasteiger partial charge < -0.3 is 9.72 Å². The summed E-state index contributed by atoms with van der Waals surface area (Å²) in [6.45, 7) is 2.77. The number of aromatic amines is 1. The summed E-state index contributed by atoms with van der Waals surface area (Å²) in [5.41, 5.74) is 2.03. The van der Waals surface area contributed by atoms with Crippen molar-refractivity contribution in [3.63, 3.8) is 0 Å². The summed E-state index contributed by atoms with van der Waals surface area (Å²) >= 11 is 0. The van der Waals surface area contributed by atoms with Crippen LogP contribution < -0.4 is 11.3 Å². The minimum atomic E-state index is -3.61. The number of aromatic nitrogens is 1. The van der Waals surface area contributed by atoms with Crippen LogP contribution in [0.2, 0.25) is 0 Å². The van der Waals surface area contributed by atoms with E-state index < -0.39 is 15.9 Å². The molecule has 0 aromatic carbocycles. The zero-order valence-corrected chi connectivity index (χ0v) is 11.2. The van der Waals surface area contributed by atoms with E-state index in [0.29, 0.717) is 19.7 Å². The van der Waals surface area contributed by atoms with Gasteiger partial charge >= 0.3 is 0 Å². The van der Waals surface area contributed by atoms with Crippen LogP contribution in [0, 0.1) is 0 Å². The molecule has 1 saturated heterocycles. The van der Waals surface area contributed by atoms with Crippen molar-refractivity contribution in [2.45, 2.75) is 17.9 Å². The zero-order valence-electron chi connectivity index (χ0n) is 10.4. The van der Waals surface area contributed by atoms with Crippen molar-refractivity contribution in [1.29, 1.82) is 0 Å². The molecule has 1 aliphatic heterocycles. The molecule has 1 amide bonds. The number of carbonyl (C=O) groups excluding carboxylic acids is 1. The van der Waals surface area contributed by atoms with Crippen molar-refractivity contribution in [2.75, 3.05) is 19.7 Å². The first-order valence-electron chi connectivity index (χ1n) is 5.76. The summed E-state index contributed by atoms with van der Waals surface area (Å²) in [7, 11) is -3.61. The van der Waals surface area contributed by atoms with Gasteiger partial charge in [-0.2, -0.15) is 4.31 Å². The van der Waals surface area contributed by atoms with Gasteiger partial charge in [-0.15, -0.1) is 0 Å². The third kappa shape index (κ3) is 2.78. The number of sulfonamides is 1. The molecule has 1 fully saturated rings. The summed E-state index contributed by atoms with van der Waals surface area (Å²) in [5, 5.41) is 0. The molecular formula is C10H16N4O4S. The molecule has 4 N–H and O–H groups in total. The van der Waals surface area contributed by atoms with Crippen LogP contribution in [-0.4, -0.2) is 49.4 Å². The Balaban J connectivity index is 2.24. The van der Waals surface area contributed by atoms with Crippen LogP contribution in [0.1, 0.15) is 17.4 Å². The van der Waals surface area contributed by atoms with Gasteiger partial charge in [-0.05, 0) is 13.0 Å². The maximum atomic E-state index is 12.3. The maximum Gasteiger partial charge on any atom is 0.281 e. The molecule has 1 aromatic heterocycles. The molecule has 2 heterocycles. The van der Waals surface area contributed by atoms with Gasteiger partial charge in [-0.25, -0.2) is 14.3 Å². The first-order chi connectivity index (χ1) is 8.95. The third-order valence-corrected chi connectivity index (χ3v) is 4.72. The Morgan fingerprint density at radius 1 is 1.63 bits per heavy atom. The molecule has 0 radical (unpaired) electrons. The fourth-order valence-corrected chi connectivity index (χ4v) is 3.38. The number of nitrogen functional groups attached to an aromatic ring is 1. The summed E-state index contributed by atoms with van der Waals surface area (Å²) in [5.74, 6) is 4.42. The fourth-order valence-electron chi connectivity index (χ4n) is 1.89. The van der Waals surface area contributed by atoms with Gasteiger partial charge in [0, 0.05) is 19.3 Å². The molecule has 2 rings (SSSR count). The van der Waals surface area contributed by atoms with E-state index in [2.05, 4.69) is 4.98 Å². The summed E-state index contributed by atoms with van der Waals surface area (Å²) < 4.78 is 31.3. The Labute approximate surface area is 110 Å². The van der Waals surface area contributed by atoms with Gasteiger partial charge in [0.15, 0.2) is 0 Å². The molecule has 0 aliphatic carbocycles. The maximum absolute atomic E-state index is 12.3. The van der Waals surface area contributed by atoms with Gasteiger partial charge in [0.25, 0.3) is 5.91 Å². The highest BCUT2D eigenvalue weighted by Crippen LogP contribution is 2.19. The molecule has 1 aliphatic rings. The monoisotopic (exact) mass is 288 g/mol. The van der Waals surface area contributed by atoms with Gasteiger partial charge in [0.05, 0.1) is 12.7 Å². The van der Waals surface area contributed by atoms with Gasteiger partial charge in [0.2, 0.25) is 10.0 Å². The highest BCUT2D eigenvalue weighted by Gasteiger charge is 2.30. The van der Waals surface area contributed by atoms with Crippen LogP contribution in [0.25, 0.3) is 0 Å². The number of morpholine rings is 1. The minimum Gasteiger partial charge on any atom is -0.376 e. The molecule has 1 unspecified atom stereocenters. The number of hydrogen-bond donors (Lipinski definition) is 3. The van der Waals surface area contributed by atoms with Crippen molar-refractivity contribution in [1.82, 2.24) is 14.7 Å². The molecular weight excluding hydrogens is 272 g/mol. The number of carbonyl (C=O) groups is 1. The van der Waals surface area contributed by atoms with Gasteiger partial charge in [-0.1, -0.05) is 0 Å². The summed E-state index contributed by atoms with van der Waals surface area (Å²) in [6, 6.07) is 1.26. The second kappa shape index (κ2) is 5.29. The topological polar surface area (TPSA) is 118 Å². The second-order valence-electron chi connectivity index (χ2n) is 4.27. The third-order valence-electron chi connectivity index (χ3n) is 2.87. The number of H-pyrrole nitrogens is 1. The largest absolute Gasteiger partial charge is 0.376 e. The first kappa shape index (κ1) is 14.0. The van der Waals surface area contributed by atoms with E-state index >= 15 is 0 Å². The van der Waals surface area contributed by atoms with E-state index in [1.54, 1.807) is 0 Å². The van der Waals surface area contributed by atoms with Crippen molar-refractivity contribution >= 4 is 15.9 Å². The van der Waals surface area contributed by atoms with E-state index in [0.717, 1.165) is 0 Å². The van der Waals surface area contributed by atoms with Crippen molar-refractivity contribution in [3.05, 3.63) is 18.0 Å². The lowest BCUT2D eigenvalue weighted by Gasteiger charge is -2.29. The summed E-state index contributed by atoms with van der Waals surface area (Å²) in [6.07, 6.45) is 1.13. The number of hydrogen-bond acceptors (Lipinski definition) is 5. The number of ether oxygens (including phenoxy) is 1. The number of nitrogens with one attached hydrogen (secondary N) is 2. The van der Waals surface area contributed by atoms with Crippen molar-refractivity contribution in [3.8, 4) is 0 Å². The Morgan fingerprint density at radius 2 is 2.37 bits per heavy atom. The first-order valence-corrected chi connectivity index (χ1v) is 7.20. The van der Waals surface area contributed by atoms with Crippen LogP contribution in [-0.2, 0) is 14.8 Å². The lowest BCUT2D eigenvalue weighted by Crippen LogP contribution is -2.44. The zero-order chi connectivity index (χ0) is 14.0. The molecule has 0 bridgehead atoms. The molecule has 19 heavy (non-hydrogen) atoms. The lowest BCUT2D eigenvalue weighted by molar-refractivity contribution is 0.0102. The average Bonchev–Trinajstić information content (AvgIpc) is 2.88. The molecule has 0 saturated carbocycles.